The molecule has 2 heterocycles. The Bertz CT molecular complexity index is 2310. The van der Waals surface area contributed by atoms with Crippen LogP contribution in [0.5, 0.6) is 0 Å². The standard InChI is InChI=1S/C36H19Cl3F2N2O5S2/c37-21-9-7-18(8-10-21)26-16-49-33(42-31(44)19-3-1-5-23(40)13-19)29(26)35(46)48-36(47)30-27(25-12-11-22(38)15-28(25)39)17-50-34(30)43-32(45)20-4-2-6-24(41)14-20/h1-17H,(H,42,44)(H,43,45). The fourth-order valence-corrected chi connectivity index (χ4v) is 7.38. The van der Waals surface area contributed by atoms with Crippen molar-refractivity contribution in [3.8, 4) is 22.3 Å². The molecule has 0 aliphatic heterocycles. The number of carbonyl (C=O) groups is 4. The summed E-state index contributed by atoms with van der Waals surface area (Å²) in [6.45, 7) is 0. The van der Waals surface area contributed by atoms with Crippen LogP contribution >= 0.6 is 57.5 Å². The van der Waals surface area contributed by atoms with Gasteiger partial charge in [-0.1, -0.05) is 65.1 Å². The van der Waals surface area contributed by atoms with Gasteiger partial charge in [0.05, 0.1) is 0 Å². The topological polar surface area (TPSA) is 102 Å². The molecule has 0 unspecified atom stereocenters. The van der Waals surface area contributed by atoms with Crippen LogP contribution in [-0.2, 0) is 4.74 Å². The Morgan fingerprint density at radius 1 is 0.580 bits per heavy atom. The van der Waals surface area contributed by atoms with Gasteiger partial charge in [-0.3, -0.25) is 9.59 Å². The zero-order valence-corrected chi connectivity index (χ0v) is 29.0. The predicted octanol–water partition coefficient (Wildman–Crippen LogP) is 10.9. The molecule has 0 atom stereocenters. The highest BCUT2D eigenvalue weighted by Gasteiger charge is 2.30. The van der Waals surface area contributed by atoms with Gasteiger partial charge in [0, 0.05) is 53.6 Å². The van der Waals surface area contributed by atoms with Crippen LogP contribution in [0.4, 0.5) is 18.8 Å². The molecule has 0 bridgehead atoms. The molecule has 0 aliphatic carbocycles. The molecule has 0 saturated carbocycles. The lowest BCUT2D eigenvalue weighted by Gasteiger charge is -2.12. The molecule has 250 valence electrons. The van der Waals surface area contributed by atoms with Crippen molar-refractivity contribution < 1.29 is 32.7 Å². The van der Waals surface area contributed by atoms with Crippen molar-refractivity contribution in [3.05, 3.63) is 151 Å². The van der Waals surface area contributed by atoms with Crippen LogP contribution in [0.3, 0.4) is 0 Å². The molecule has 0 radical (unpaired) electrons. The SMILES string of the molecule is O=C(Nc1scc(-c2ccc(Cl)cc2)c1C(=O)OC(=O)c1c(-c2ccc(Cl)cc2Cl)csc1NC(=O)c1cccc(F)c1)c1cccc(F)c1. The van der Waals surface area contributed by atoms with Gasteiger partial charge >= 0.3 is 11.9 Å². The molecule has 0 aliphatic rings. The van der Waals surface area contributed by atoms with Crippen LogP contribution in [0, 0.1) is 11.6 Å². The number of rotatable bonds is 8. The molecule has 0 fully saturated rings. The minimum absolute atomic E-state index is 0.0109. The van der Waals surface area contributed by atoms with Crippen molar-refractivity contribution in [2.75, 3.05) is 10.6 Å². The van der Waals surface area contributed by atoms with E-state index in [1.54, 1.807) is 41.8 Å². The van der Waals surface area contributed by atoms with E-state index in [0.717, 1.165) is 34.8 Å². The number of carbonyl (C=O) groups excluding carboxylic acids is 4. The van der Waals surface area contributed by atoms with E-state index in [2.05, 4.69) is 10.6 Å². The van der Waals surface area contributed by atoms with E-state index in [1.807, 2.05) is 0 Å². The monoisotopic (exact) mass is 766 g/mol. The molecule has 6 rings (SSSR count). The number of esters is 2. The Hall–Kier alpha value is -4.91. The summed E-state index contributed by atoms with van der Waals surface area (Å²) in [6, 6.07) is 20.9. The maximum atomic E-state index is 14.0. The highest BCUT2D eigenvalue weighted by atomic mass is 35.5. The van der Waals surface area contributed by atoms with Gasteiger partial charge in [0.2, 0.25) is 0 Å². The summed E-state index contributed by atoms with van der Waals surface area (Å²) in [5.41, 5.74) is 0.972. The normalized spacial score (nSPS) is 10.8. The first-order valence-electron chi connectivity index (χ1n) is 14.3. The Morgan fingerprint density at radius 2 is 1.08 bits per heavy atom. The maximum absolute atomic E-state index is 14.0. The van der Waals surface area contributed by atoms with E-state index in [4.69, 9.17) is 39.5 Å². The minimum Gasteiger partial charge on any atom is -0.386 e. The number of thiophene rings is 2. The third-order valence-corrected chi connectivity index (χ3v) is 9.77. The van der Waals surface area contributed by atoms with Gasteiger partial charge in [-0.15, -0.1) is 22.7 Å². The van der Waals surface area contributed by atoms with Crippen molar-refractivity contribution in [3.63, 3.8) is 0 Å². The zero-order chi connectivity index (χ0) is 35.5. The lowest BCUT2D eigenvalue weighted by Crippen LogP contribution is -2.19. The highest BCUT2D eigenvalue weighted by Crippen LogP contribution is 2.41. The van der Waals surface area contributed by atoms with Crippen LogP contribution < -0.4 is 10.6 Å². The summed E-state index contributed by atoms with van der Waals surface area (Å²) in [6.07, 6.45) is 0. The summed E-state index contributed by atoms with van der Waals surface area (Å²) < 4.78 is 33.2. The Kier molecular flexibility index (Phi) is 10.4. The second kappa shape index (κ2) is 14.9. The molecule has 50 heavy (non-hydrogen) atoms. The van der Waals surface area contributed by atoms with Crippen molar-refractivity contribution in [2.24, 2.45) is 0 Å². The molecule has 2 aromatic heterocycles. The molecule has 7 nitrogen and oxygen atoms in total. The van der Waals surface area contributed by atoms with E-state index in [1.165, 1.54) is 47.8 Å². The van der Waals surface area contributed by atoms with E-state index in [-0.39, 0.29) is 42.8 Å². The van der Waals surface area contributed by atoms with Gasteiger partial charge in [-0.25, -0.2) is 18.4 Å². The fourth-order valence-electron chi connectivity index (χ4n) is 4.85. The lowest BCUT2D eigenvalue weighted by molar-refractivity contribution is 0.0401. The number of amides is 2. The van der Waals surface area contributed by atoms with Gasteiger partial charge < -0.3 is 15.4 Å². The van der Waals surface area contributed by atoms with Crippen LogP contribution in [0.1, 0.15) is 41.4 Å². The number of nitrogens with one attached hydrogen (secondary N) is 2. The third-order valence-electron chi connectivity index (χ3n) is 7.18. The Balaban J connectivity index is 1.39. The lowest BCUT2D eigenvalue weighted by atomic mass is 10.0. The second-order valence-electron chi connectivity index (χ2n) is 10.4. The predicted molar refractivity (Wildman–Crippen MR) is 193 cm³/mol. The average molecular weight is 768 g/mol. The van der Waals surface area contributed by atoms with Crippen molar-refractivity contribution in [2.45, 2.75) is 0 Å². The molecular formula is C36H19Cl3F2N2O5S2. The van der Waals surface area contributed by atoms with Crippen molar-refractivity contribution >= 4 is 91.2 Å². The zero-order valence-electron chi connectivity index (χ0n) is 25.1. The molecule has 2 amide bonds. The maximum Gasteiger partial charge on any atom is 0.349 e. The van der Waals surface area contributed by atoms with E-state index < -0.39 is 35.4 Å². The summed E-state index contributed by atoms with van der Waals surface area (Å²) in [7, 11) is 0. The number of hydrogen-bond donors (Lipinski definition) is 2. The molecule has 14 heteroatoms. The second-order valence-corrected chi connectivity index (χ2v) is 13.5. The van der Waals surface area contributed by atoms with Gasteiger partial charge in [0.1, 0.15) is 32.8 Å². The van der Waals surface area contributed by atoms with Gasteiger partial charge in [0.15, 0.2) is 0 Å². The average Bonchev–Trinajstić information content (AvgIpc) is 3.69. The molecule has 4 aromatic carbocycles. The number of anilines is 2. The molecule has 6 aromatic rings. The summed E-state index contributed by atoms with van der Waals surface area (Å²) in [4.78, 5) is 54.2. The van der Waals surface area contributed by atoms with E-state index in [9.17, 15) is 28.0 Å². The van der Waals surface area contributed by atoms with Gasteiger partial charge in [0.25, 0.3) is 11.8 Å². The number of benzene rings is 4. The van der Waals surface area contributed by atoms with E-state index in [0.29, 0.717) is 26.7 Å². The number of hydrogen-bond acceptors (Lipinski definition) is 7. The molecule has 0 spiro atoms. The van der Waals surface area contributed by atoms with Crippen LogP contribution in [0.25, 0.3) is 22.3 Å². The van der Waals surface area contributed by atoms with Crippen molar-refractivity contribution in [1.29, 1.82) is 0 Å². The fraction of sp³-hybridized carbons (Fsp3) is 0. The number of ether oxygens (including phenoxy) is 1. The largest absolute Gasteiger partial charge is 0.386 e. The van der Waals surface area contributed by atoms with Gasteiger partial charge in [-0.05, 0) is 66.2 Å². The first-order chi connectivity index (χ1) is 24.0. The third kappa shape index (κ3) is 7.62. The summed E-state index contributed by atoms with van der Waals surface area (Å²) >= 11 is 20.6. The Morgan fingerprint density at radius 3 is 1.60 bits per heavy atom. The van der Waals surface area contributed by atoms with Crippen LogP contribution in [0.15, 0.2) is 102 Å². The smallest absolute Gasteiger partial charge is 0.349 e. The van der Waals surface area contributed by atoms with E-state index >= 15 is 0 Å². The molecular weight excluding hydrogens is 749 g/mol. The summed E-state index contributed by atoms with van der Waals surface area (Å²) in [5.74, 6) is -5.03. The Labute approximate surface area is 306 Å². The first-order valence-corrected chi connectivity index (χ1v) is 17.2. The number of halogens is 5. The van der Waals surface area contributed by atoms with Gasteiger partial charge in [-0.2, -0.15) is 0 Å². The quantitative estimate of drug-likeness (QED) is 0.119. The molecule has 2 N–H and O–H groups in total. The molecule has 0 saturated heterocycles. The van der Waals surface area contributed by atoms with Crippen molar-refractivity contribution in [1.82, 2.24) is 0 Å². The minimum atomic E-state index is -1.16. The van der Waals surface area contributed by atoms with Crippen LogP contribution in [-0.4, -0.2) is 23.8 Å². The summed E-state index contributed by atoms with van der Waals surface area (Å²) in [5, 5.41) is 9.27. The van der Waals surface area contributed by atoms with Crippen LogP contribution in [0.2, 0.25) is 15.1 Å². The highest BCUT2D eigenvalue weighted by molar-refractivity contribution is 7.15. The first kappa shape index (κ1) is 34.9.